The molecule has 2 heterocycles. The van der Waals surface area contributed by atoms with Gasteiger partial charge in [0.05, 0.1) is 5.54 Å². The van der Waals surface area contributed by atoms with Gasteiger partial charge >= 0.3 is 0 Å². The standard InChI is InChI=1S/C9H13N5/c1-9(2,10-3)8-13-12-7-4-5-11-6-14(7)8/h4-6,10H,1-3H3. The lowest BCUT2D eigenvalue weighted by Crippen LogP contribution is -2.35. The molecular weight excluding hydrogens is 178 g/mol. The zero-order valence-corrected chi connectivity index (χ0v) is 8.52. The van der Waals surface area contributed by atoms with Crippen molar-refractivity contribution in [2.45, 2.75) is 19.4 Å². The van der Waals surface area contributed by atoms with E-state index in [1.807, 2.05) is 17.5 Å². The minimum atomic E-state index is -0.206. The first-order valence-corrected chi connectivity index (χ1v) is 4.49. The van der Waals surface area contributed by atoms with Gasteiger partial charge in [0.25, 0.3) is 0 Å². The third kappa shape index (κ3) is 1.26. The van der Waals surface area contributed by atoms with Crippen LogP contribution in [0.4, 0.5) is 0 Å². The van der Waals surface area contributed by atoms with Crippen LogP contribution in [0.5, 0.6) is 0 Å². The summed E-state index contributed by atoms with van der Waals surface area (Å²) < 4.78 is 1.89. The predicted molar refractivity (Wildman–Crippen MR) is 52.9 cm³/mol. The first-order chi connectivity index (χ1) is 6.65. The van der Waals surface area contributed by atoms with Gasteiger partial charge in [0, 0.05) is 12.3 Å². The lowest BCUT2D eigenvalue weighted by Gasteiger charge is -2.21. The third-order valence-corrected chi connectivity index (χ3v) is 2.40. The van der Waals surface area contributed by atoms with Gasteiger partial charge in [-0.05, 0) is 20.9 Å². The van der Waals surface area contributed by atoms with Gasteiger partial charge in [0.1, 0.15) is 6.33 Å². The molecule has 0 unspecified atom stereocenters. The molecule has 0 aliphatic carbocycles. The number of aromatic nitrogens is 4. The van der Waals surface area contributed by atoms with Crippen molar-refractivity contribution in [1.82, 2.24) is 24.9 Å². The van der Waals surface area contributed by atoms with Gasteiger partial charge in [-0.15, -0.1) is 10.2 Å². The number of nitrogens with one attached hydrogen (secondary N) is 1. The molecule has 0 saturated heterocycles. The fourth-order valence-electron chi connectivity index (χ4n) is 1.28. The Labute approximate surface area is 82.2 Å². The number of hydrogen-bond donors (Lipinski definition) is 1. The Balaban J connectivity index is 2.64. The second-order valence-electron chi connectivity index (χ2n) is 3.71. The van der Waals surface area contributed by atoms with Crippen LogP contribution in [0.1, 0.15) is 19.7 Å². The minimum Gasteiger partial charge on any atom is -0.308 e. The van der Waals surface area contributed by atoms with Gasteiger partial charge in [0.15, 0.2) is 11.5 Å². The molecular formula is C9H13N5. The van der Waals surface area contributed by atoms with Crippen molar-refractivity contribution in [3.63, 3.8) is 0 Å². The Hall–Kier alpha value is -1.49. The zero-order valence-electron chi connectivity index (χ0n) is 8.52. The molecule has 0 bridgehead atoms. The van der Waals surface area contributed by atoms with Crippen molar-refractivity contribution in [3.05, 3.63) is 24.4 Å². The van der Waals surface area contributed by atoms with Gasteiger partial charge < -0.3 is 5.32 Å². The van der Waals surface area contributed by atoms with E-state index in [1.165, 1.54) is 0 Å². The van der Waals surface area contributed by atoms with E-state index in [0.29, 0.717) is 0 Å². The van der Waals surface area contributed by atoms with E-state index in [2.05, 4.69) is 34.3 Å². The highest BCUT2D eigenvalue weighted by molar-refractivity contribution is 5.36. The quantitative estimate of drug-likeness (QED) is 0.754. The van der Waals surface area contributed by atoms with Crippen LogP contribution >= 0.6 is 0 Å². The van der Waals surface area contributed by atoms with Crippen molar-refractivity contribution in [1.29, 1.82) is 0 Å². The van der Waals surface area contributed by atoms with E-state index in [1.54, 1.807) is 12.5 Å². The van der Waals surface area contributed by atoms with Crippen LogP contribution in [-0.2, 0) is 5.54 Å². The van der Waals surface area contributed by atoms with Crippen molar-refractivity contribution in [2.75, 3.05) is 7.05 Å². The molecule has 0 fully saturated rings. The zero-order chi connectivity index (χ0) is 10.2. The van der Waals surface area contributed by atoms with E-state index in [-0.39, 0.29) is 5.54 Å². The molecule has 5 heteroatoms. The van der Waals surface area contributed by atoms with E-state index in [0.717, 1.165) is 11.5 Å². The molecule has 74 valence electrons. The third-order valence-electron chi connectivity index (χ3n) is 2.40. The molecule has 2 aromatic heterocycles. The van der Waals surface area contributed by atoms with Crippen molar-refractivity contribution >= 4 is 5.65 Å². The highest BCUT2D eigenvalue weighted by Crippen LogP contribution is 2.17. The van der Waals surface area contributed by atoms with E-state index in [4.69, 9.17) is 0 Å². The van der Waals surface area contributed by atoms with Crippen LogP contribution in [0.25, 0.3) is 5.65 Å². The molecule has 0 amide bonds. The van der Waals surface area contributed by atoms with Crippen LogP contribution < -0.4 is 5.32 Å². The van der Waals surface area contributed by atoms with Crippen LogP contribution in [0.15, 0.2) is 18.6 Å². The lowest BCUT2D eigenvalue weighted by atomic mass is 10.1. The Kier molecular flexibility index (Phi) is 1.96. The maximum Gasteiger partial charge on any atom is 0.163 e. The average Bonchev–Trinajstić information content (AvgIpc) is 2.61. The van der Waals surface area contributed by atoms with Crippen molar-refractivity contribution in [2.24, 2.45) is 0 Å². The number of hydrogen-bond acceptors (Lipinski definition) is 4. The highest BCUT2D eigenvalue weighted by atomic mass is 15.3. The van der Waals surface area contributed by atoms with Gasteiger partial charge in [0.2, 0.25) is 0 Å². The second-order valence-corrected chi connectivity index (χ2v) is 3.71. The summed E-state index contributed by atoms with van der Waals surface area (Å²) in [6, 6.07) is 1.84. The summed E-state index contributed by atoms with van der Waals surface area (Å²) in [5.74, 6) is 0.864. The van der Waals surface area contributed by atoms with E-state index in [9.17, 15) is 0 Å². The molecule has 0 radical (unpaired) electrons. The number of rotatable bonds is 2. The molecule has 1 N–H and O–H groups in total. The molecule has 2 aromatic rings. The van der Waals surface area contributed by atoms with Crippen LogP contribution in [-0.4, -0.2) is 26.6 Å². The molecule has 14 heavy (non-hydrogen) atoms. The predicted octanol–water partition coefficient (Wildman–Crippen LogP) is 0.579. The molecule has 0 saturated carbocycles. The molecule has 5 nitrogen and oxygen atoms in total. The summed E-state index contributed by atoms with van der Waals surface area (Å²) in [5, 5.41) is 11.4. The topological polar surface area (TPSA) is 55.1 Å². The van der Waals surface area contributed by atoms with Gasteiger partial charge in [-0.25, -0.2) is 4.98 Å². The summed E-state index contributed by atoms with van der Waals surface area (Å²) in [5.41, 5.74) is 0.612. The molecule has 0 spiro atoms. The first kappa shape index (κ1) is 9.08. The Morgan fingerprint density at radius 3 is 2.86 bits per heavy atom. The van der Waals surface area contributed by atoms with Crippen LogP contribution in [0.3, 0.4) is 0 Å². The van der Waals surface area contributed by atoms with Crippen LogP contribution in [0.2, 0.25) is 0 Å². The van der Waals surface area contributed by atoms with Crippen molar-refractivity contribution < 1.29 is 0 Å². The summed E-state index contributed by atoms with van der Waals surface area (Å²) in [6.45, 7) is 4.10. The van der Waals surface area contributed by atoms with Crippen LogP contribution in [0, 0.1) is 0 Å². The van der Waals surface area contributed by atoms with Crippen molar-refractivity contribution in [3.8, 4) is 0 Å². The average molecular weight is 191 g/mol. The normalized spacial score (nSPS) is 12.2. The van der Waals surface area contributed by atoms with E-state index < -0.39 is 0 Å². The first-order valence-electron chi connectivity index (χ1n) is 4.49. The maximum atomic E-state index is 4.15. The molecule has 0 aromatic carbocycles. The number of nitrogens with zero attached hydrogens (tertiary/aromatic N) is 4. The molecule has 0 aliphatic rings. The molecule has 0 aliphatic heterocycles. The van der Waals surface area contributed by atoms with Gasteiger partial charge in [-0.3, -0.25) is 4.40 Å². The fraction of sp³-hybridized carbons (Fsp3) is 0.444. The number of fused-ring (bicyclic) bond motifs is 1. The molecule has 0 atom stereocenters. The minimum absolute atomic E-state index is 0.206. The summed E-state index contributed by atoms with van der Waals surface area (Å²) >= 11 is 0. The maximum absolute atomic E-state index is 4.15. The van der Waals surface area contributed by atoms with E-state index >= 15 is 0 Å². The highest BCUT2D eigenvalue weighted by Gasteiger charge is 2.23. The summed E-state index contributed by atoms with van der Waals surface area (Å²) in [6.07, 6.45) is 3.43. The summed E-state index contributed by atoms with van der Waals surface area (Å²) in [7, 11) is 1.90. The monoisotopic (exact) mass is 191 g/mol. The summed E-state index contributed by atoms with van der Waals surface area (Å²) in [4.78, 5) is 4.05. The Bertz CT molecular complexity index is 445. The Morgan fingerprint density at radius 1 is 1.36 bits per heavy atom. The fourth-order valence-corrected chi connectivity index (χ4v) is 1.28. The SMILES string of the molecule is CNC(C)(C)c1nnc2ccncn12. The molecule has 2 rings (SSSR count). The lowest BCUT2D eigenvalue weighted by molar-refractivity contribution is 0.412. The Morgan fingerprint density at radius 2 is 2.14 bits per heavy atom. The largest absolute Gasteiger partial charge is 0.308 e. The smallest absolute Gasteiger partial charge is 0.163 e. The van der Waals surface area contributed by atoms with Gasteiger partial charge in [-0.2, -0.15) is 0 Å². The second kappa shape index (κ2) is 3.02. The van der Waals surface area contributed by atoms with Gasteiger partial charge in [-0.1, -0.05) is 0 Å².